The minimum Gasteiger partial charge on any atom is -0.456 e. The van der Waals surface area contributed by atoms with E-state index in [1.807, 2.05) is 41.1 Å². The third-order valence-electron chi connectivity index (χ3n) is 2.61. The molecule has 0 aliphatic heterocycles. The third-order valence-corrected chi connectivity index (χ3v) is 2.61. The number of fused-ring (bicyclic) bond motifs is 1. The zero-order valence-corrected chi connectivity index (χ0v) is 9.83. The lowest BCUT2D eigenvalue weighted by Crippen LogP contribution is -2.21. The van der Waals surface area contributed by atoms with Gasteiger partial charge >= 0.3 is 5.97 Å². The van der Waals surface area contributed by atoms with Gasteiger partial charge < -0.3 is 15.0 Å². The maximum atomic E-state index is 11.3. The molecule has 0 saturated carbocycles. The van der Waals surface area contributed by atoms with E-state index < -0.39 is 11.9 Å². The summed E-state index contributed by atoms with van der Waals surface area (Å²) >= 11 is 0. The molecule has 0 unspecified atom stereocenters. The van der Waals surface area contributed by atoms with E-state index in [9.17, 15) is 9.59 Å². The van der Waals surface area contributed by atoms with Crippen molar-refractivity contribution in [3.8, 4) is 0 Å². The maximum absolute atomic E-state index is 11.3. The molecule has 0 aliphatic rings. The van der Waals surface area contributed by atoms with Crippen molar-refractivity contribution in [1.82, 2.24) is 4.57 Å². The summed E-state index contributed by atoms with van der Waals surface area (Å²) in [5.74, 6) is -1.07. The Kier molecular flexibility index (Phi) is 3.62. The Morgan fingerprint density at radius 2 is 2.00 bits per heavy atom. The first kappa shape index (κ1) is 12.2. The number of nitrogens with zero attached hydrogens (tertiary/aromatic N) is 1. The molecule has 0 atom stereocenters. The molecular weight excluding hydrogens is 232 g/mol. The Balaban J connectivity index is 1.94. The van der Waals surface area contributed by atoms with Crippen LogP contribution in [0, 0.1) is 0 Å². The van der Waals surface area contributed by atoms with Crippen LogP contribution in [-0.4, -0.2) is 23.1 Å². The highest BCUT2D eigenvalue weighted by Gasteiger charge is 2.06. The van der Waals surface area contributed by atoms with Gasteiger partial charge in [-0.05, 0) is 17.5 Å². The van der Waals surface area contributed by atoms with Crippen LogP contribution in [0.1, 0.15) is 6.42 Å². The molecule has 2 N–H and O–H groups in total. The van der Waals surface area contributed by atoms with Crippen LogP contribution in [-0.2, 0) is 20.9 Å². The summed E-state index contributed by atoms with van der Waals surface area (Å²) in [5, 5.41) is 1.13. The predicted octanol–water partition coefficient (Wildman–Crippen LogP) is 1.06. The van der Waals surface area contributed by atoms with Crippen molar-refractivity contribution in [2.45, 2.75) is 13.0 Å². The molecule has 18 heavy (non-hydrogen) atoms. The number of carbonyl (C=O) groups excluding carboxylic acids is 2. The number of hydrogen-bond acceptors (Lipinski definition) is 3. The van der Waals surface area contributed by atoms with E-state index in [1.165, 1.54) is 0 Å². The fraction of sp³-hybridized carbons (Fsp3) is 0.231. The lowest BCUT2D eigenvalue weighted by Gasteiger charge is -2.05. The Hall–Kier alpha value is -2.30. The van der Waals surface area contributed by atoms with E-state index in [0.29, 0.717) is 6.54 Å². The summed E-state index contributed by atoms with van der Waals surface area (Å²) in [6, 6.07) is 9.91. The lowest BCUT2D eigenvalue weighted by molar-refractivity contribution is -0.147. The normalized spacial score (nSPS) is 10.4. The molecule has 0 aliphatic carbocycles. The third kappa shape index (κ3) is 2.88. The number of carbonyl (C=O) groups is 2. The summed E-state index contributed by atoms with van der Waals surface area (Å²) in [6.07, 6.45) is 2.14. The van der Waals surface area contributed by atoms with Gasteiger partial charge in [0.25, 0.3) is 5.91 Å². The molecule has 1 aromatic heterocycles. The number of ether oxygens (including phenoxy) is 1. The number of aryl methyl sites for hydroxylation is 1. The van der Waals surface area contributed by atoms with Crippen LogP contribution in [0.3, 0.4) is 0 Å². The average Bonchev–Trinajstić information content (AvgIpc) is 2.77. The van der Waals surface area contributed by atoms with Crippen molar-refractivity contribution >= 4 is 22.8 Å². The molecule has 5 heteroatoms. The molecule has 5 nitrogen and oxygen atoms in total. The summed E-state index contributed by atoms with van der Waals surface area (Å²) in [4.78, 5) is 21.8. The van der Waals surface area contributed by atoms with E-state index in [4.69, 9.17) is 5.73 Å². The minimum absolute atomic E-state index is 0.214. The first-order chi connectivity index (χ1) is 8.66. The average molecular weight is 246 g/mol. The van der Waals surface area contributed by atoms with Crippen LogP contribution in [0.4, 0.5) is 0 Å². The van der Waals surface area contributed by atoms with E-state index in [1.54, 1.807) is 0 Å². The monoisotopic (exact) mass is 246 g/mol. The molecule has 1 aromatic carbocycles. The topological polar surface area (TPSA) is 74.3 Å². The Morgan fingerprint density at radius 3 is 2.78 bits per heavy atom. The summed E-state index contributed by atoms with van der Waals surface area (Å²) in [5.41, 5.74) is 5.95. The molecule has 0 radical (unpaired) electrons. The van der Waals surface area contributed by atoms with E-state index >= 15 is 0 Å². The zero-order chi connectivity index (χ0) is 13.0. The first-order valence-corrected chi connectivity index (χ1v) is 5.64. The Bertz CT molecular complexity index is 574. The fourth-order valence-corrected chi connectivity index (χ4v) is 1.77. The van der Waals surface area contributed by atoms with Gasteiger partial charge in [0.1, 0.15) is 0 Å². The van der Waals surface area contributed by atoms with Crippen LogP contribution < -0.4 is 5.73 Å². The molecule has 2 rings (SSSR count). The standard InChI is InChI=1S/C13H14N2O3/c14-12(16)9-18-13(17)6-8-15-7-5-10-3-1-2-4-11(10)15/h1-5,7H,6,8-9H2,(H2,14,16). The molecule has 0 spiro atoms. The van der Waals surface area contributed by atoms with Crippen LogP contribution in [0.2, 0.25) is 0 Å². The van der Waals surface area contributed by atoms with Gasteiger partial charge in [0.15, 0.2) is 6.61 Å². The zero-order valence-electron chi connectivity index (χ0n) is 9.83. The number of nitrogens with two attached hydrogens (primary N) is 1. The number of benzene rings is 1. The second kappa shape index (κ2) is 5.35. The van der Waals surface area contributed by atoms with Crippen LogP contribution in [0.25, 0.3) is 10.9 Å². The first-order valence-electron chi connectivity index (χ1n) is 5.64. The quantitative estimate of drug-likeness (QED) is 0.801. The summed E-state index contributed by atoms with van der Waals surface area (Å²) in [7, 11) is 0. The Morgan fingerprint density at radius 1 is 1.22 bits per heavy atom. The van der Waals surface area contributed by atoms with Gasteiger partial charge in [-0.1, -0.05) is 18.2 Å². The van der Waals surface area contributed by atoms with Crippen molar-refractivity contribution in [1.29, 1.82) is 0 Å². The molecule has 1 amide bonds. The van der Waals surface area contributed by atoms with Crippen LogP contribution in [0.5, 0.6) is 0 Å². The van der Waals surface area contributed by atoms with Crippen molar-refractivity contribution in [3.63, 3.8) is 0 Å². The molecule has 0 bridgehead atoms. The van der Waals surface area contributed by atoms with Gasteiger partial charge in [-0.25, -0.2) is 0 Å². The number of para-hydroxylation sites is 1. The van der Waals surface area contributed by atoms with Gasteiger partial charge in [-0.3, -0.25) is 9.59 Å². The number of rotatable bonds is 5. The highest BCUT2D eigenvalue weighted by atomic mass is 16.5. The highest BCUT2D eigenvalue weighted by molar-refractivity contribution is 5.81. The van der Waals surface area contributed by atoms with Crippen molar-refractivity contribution in [3.05, 3.63) is 36.5 Å². The number of primary amides is 1. The van der Waals surface area contributed by atoms with Crippen molar-refractivity contribution in [2.24, 2.45) is 5.73 Å². The minimum atomic E-state index is -0.644. The van der Waals surface area contributed by atoms with E-state index in [0.717, 1.165) is 10.9 Å². The van der Waals surface area contributed by atoms with Gasteiger partial charge in [0, 0.05) is 18.3 Å². The van der Waals surface area contributed by atoms with E-state index in [2.05, 4.69) is 4.74 Å². The molecular formula is C13H14N2O3. The molecule has 2 aromatic rings. The summed E-state index contributed by atoms with van der Waals surface area (Å²) < 4.78 is 6.66. The maximum Gasteiger partial charge on any atom is 0.308 e. The highest BCUT2D eigenvalue weighted by Crippen LogP contribution is 2.15. The number of esters is 1. The molecule has 94 valence electrons. The molecule has 0 saturated heterocycles. The van der Waals surface area contributed by atoms with Gasteiger partial charge in [0.2, 0.25) is 0 Å². The molecule has 1 heterocycles. The number of hydrogen-bond donors (Lipinski definition) is 1. The SMILES string of the molecule is NC(=O)COC(=O)CCn1ccc2ccccc21. The fourth-order valence-electron chi connectivity index (χ4n) is 1.77. The second-order valence-corrected chi connectivity index (χ2v) is 3.94. The van der Waals surface area contributed by atoms with Crippen LogP contribution >= 0.6 is 0 Å². The van der Waals surface area contributed by atoms with Gasteiger partial charge in [-0.15, -0.1) is 0 Å². The lowest BCUT2D eigenvalue weighted by atomic mass is 10.2. The second-order valence-electron chi connectivity index (χ2n) is 3.94. The predicted molar refractivity (Wildman–Crippen MR) is 66.7 cm³/mol. The largest absolute Gasteiger partial charge is 0.456 e. The smallest absolute Gasteiger partial charge is 0.308 e. The summed E-state index contributed by atoms with van der Waals surface area (Å²) in [6.45, 7) is 0.163. The number of aromatic nitrogens is 1. The molecule has 0 fully saturated rings. The van der Waals surface area contributed by atoms with E-state index in [-0.39, 0.29) is 13.0 Å². The Labute approximate surface area is 104 Å². The number of amides is 1. The van der Waals surface area contributed by atoms with Crippen molar-refractivity contribution < 1.29 is 14.3 Å². The van der Waals surface area contributed by atoms with Gasteiger partial charge in [0.05, 0.1) is 6.42 Å². The van der Waals surface area contributed by atoms with Crippen LogP contribution in [0.15, 0.2) is 36.5 Å². The van der Waals surface area contributed by atoms with Gasteiger partial charge in [-0.2, -0.15) is 0 Å². The van der Waals surface area contributed by atoms with Crippen molar-refractivity contribution in [2.75, 3.05) is 6.61 Å².